The standard InChI is InChI=1S/C11H5Br2IO2/c12-8-2-1-6(14)5-7(8)11(15)9-3-4-10(13)16-9/h1-5H. The van der Waals surface area contributed by atoms with Gasteiger partial charge in [0.15, 0.2) is 10.4 Å². The van der Waals surface area contributed by atoms with Crippen LogP contribution in [0.5, 0.6) is 0 Å². The monoisotopic (exact) mass is 454 g/mol. The summed E-state index contributed by atoms with van der Waals surface area (Å²) in [5.41, 5.74) is 0.605. The van der Waals surface area contributed by atoms with Crippen molar-refractivity contribution in [1.82, 2.24) is 0 Å². The molecule has 0 aliphatic carbocycles. The van der Waals surface area contributed by atoms with Gasteiger partial charge in [0.2, 0.25) is 5.78 Å². The topological polar surface area (TPSA) is 30.2 Å². The fraction of sp³-hybridized carbons (Fsp3) is 0. The van der Waals surface area contributed by atoms with Gasteiger partial charge >= 0.3 is 0 Å². The van der Waals surface area contributed by atoms with Crippen molar-refractivity contribution in [2.75, 3.05) is 0 Å². The lowest BCUT2D eigenvalue weighted by Crippen LogP contribution is -2.01. The van der Waals surface area contributed by atoms with Crippen LogP contribution in [-0.2, 0) is 0 Å². The summed E-state index contributed by atoms with van der Waals surface area (Å²) in [5, 5.41) is 0. The van der Waals surface area contributed by atoms with Gasteiger partial charge in [-0.25, -0.2) is 0 Å². The van der Waals surface area contributed by atoms with Crippen molar-refractivity contribution in [3.05, 3.63) is 54.4 Å². The van der Waals surface area contributed by atoms with Gasteiger partial charge < -0.3 is 4.42 Å². The van der Waals surface area contributed by atoms with Crippen molar-refractivity contribution in [1.29, 1.82) is 0 Å². The molecule has 2 aromatic rings. The minimum atomic E-state index is -0.129. The maximum Gasteiger partial charge on any atom is 0.229 e. The number of furan rings is 1. The molecule has 1 heterocycles. The van der Waals surface area contributed by atoms with Crippen LogP contribution in [0.15, 0.2) is 43.9 Å². The molecule has 0 aliphatic heterocycles. The fourth-order valence-corrected chi connectivity index (χ4v) is 2.46. The van der Waals surface area contributed by atoms with E-state index >= 15 is 0 Å². The molecule has 2 nitrogen and oxygen atoms in total. The maximum absolute atomic E-state index is 12.1. The average molecular weight is 456 g/mol. The van der Waals surface area contributed by atoms with Crippen LogP contribution in [0.25, 0.3) is 0 Å². The largest absolute Gasteiger partial charge is 0.446 e. The third kappa shape index (κ3) is 2.57. The molecule has 0 saturated carbocycles. The van der Waals surface area contributed by atoms with Crippen LogP contribution in [0, 0.1) is 3.57 Å². The van der Waals surface area contributed by atoms with Gasteiger partial charge in [-0.1, -0.05) is 15.9 Å². The Balaban J connectivity index is 2.45. The molecule has 0 amide bonds. The third-order valence-corrected chi connectivity index (χ3v) is 3.76. The molecule has 2 rings (SSSR count). The highest BCUT2D eigenvalue weighted by Crippen LogP contribution is 2.24. The van der Waals surface area contributed by atoms with Crippen LogP contribution in [0.4, 0.5) is 0 Å². The van der Waals surface area contributed by atoms with E-state index in [-0.39, 0.29) is 5.78 Å². The van der Waals surface area contributed by atoms with Crippen molar-refractivity contribution in [3.63, 3.8) is 0 Å². The van der Waals surface area contributed by atoms with E-state index in [1.54, 1.807) is 12.1 Å². The highest BCUT2D eigenvalue weighted by Gasteiger charge is 2.16. The summed E-state index contributed by atoms with van der Waals surface area (Å²) in [6.07, 6.45) is 0. The smallest absolute Gasteiger partial charge is 0.229 e. The van der Waals surface area contributed by atoms with Gasteiger partial charge in [0, 0.05) is 13.6 Å². The first kappa shape index (κ1) is 12.3. The lowest BCUT2D eigenvalue weighted by atomic mass is 10.1. The van der Waals surface area contributed by atoms with Crippen molar-refractivity contribution in [2.45, 2.75) is 0 Å². The molecule has 5 heteroatoms. The first-order valence-electron chi connectivity index (χ1n) is 4.33. The van der Waals surface area contributed by atoms with Crippen LogP contribution in [-0.4, -0.2) is 5.78 Å². The van der Waals surface area contributed by atoms with Gasteiger partial charge in [-0.15, -0.1) is 0 Å². The number of carbonyl (C=O) groups is 1. The Bertz CT molecular complexity index is 549. The van der Waals surface area contributed by atoms with Crippen molar-refractivity contribution >= 4 is 60.2 Å². The van der Waals surface area contributed by atoms with E-state index in [9.17, 15) is 4.79 Å². The van der Waals surface area contributed by atoms with E-state index in [0.717, 1.165) is 8.04 Å². The zero-order valence-corrected chi connectivity index (χ0v) is 13.2. The molecule has 0 bridgehead atoms. The molecule has 1 aromatic carbocycles. The average Bonchev–Trinajstić information content (AvgIpc) is 2.67. The number of hydrogen-bond donors (Lipinski definition) is 0. The summed E-state index contributed by atoms with van der Waals surface area (Å²) < 4.78 is 7.57. The van der Waals surface area contributed by atoms with E-state index in [4.69, 9.17) is 4.42 Å². The predicted octanol–water partition coefficient (Wildman–Crippen LogP) is 4.64. The molecule has 1 aromatic heterocycles. The molecule has 0 spiro atoms. The predicted molar refractivity (Wildman–Crippen MR) is 76.7 cm³/mol. The Morgan fingerprint density at radius 3 is 2.56 bits per heavy atom. The van der Waals surface area contributed by atoms with Gasteiger partial charge in [-0.2, -0.15) is 0 Å². The van der Waals surface area contributed by atoms with Gasteiger partial charge in [0.1, 0.15) is 0 Å². The minimum absolute atomic E-state index is 0.129. The lowest BCUT2D eigenvalue weighted by Gasteiger charge is -2.01. The van der Waals surface area contributed by atoms with E-state index in [2.05, 4.69) is 54.5 Å². The molecule has 0 N–H and O–H groups in total. The number of rotatable bonds is 2. The van der Waals surface area contributed by atoms with Crippen LogP contribution in [0.1, 0.15) is 16.1 Å². The minimum Gasteiger partial charge on any atom is -0.446 e. The highest BCUT2D eigenvalue weighted by molar-refractivity contribution is 14.1. The number of ketones is 1. The summed E-state index contributed by atoms with van der Waals surface area (Å²) in [6.45, 7) is 0. The van der Waals surface area contributed by atoms with Crippen LogP contribution < -0.4 is 0 Å². The zero-order chi connectivity index (χ0) is 11.7. The maximum atomic E-state index is 12.1. The molecule has 82 valence electrons. The highest BCUT2D eigenvalue weighted by atomic mass is 127. The van der Waals surface area contributed by atoms with Crippen LogP contribution in [0.2, 0.25) is 0 Å². The summed E-state index contributed by atoms with van der Waals surface area (Å²) >= 11 is 8.70. The summed E-state index contributed by atoms with van der Waals surface area (Å²) in [6, 6.07) is 8.96. The molecule has 0 aliphatic rings. The molecular formula is C11H5Br2IO2. The Morgan fingerprint density at radius 2 is 1.94 bits per heavy atom. The summed E-state index contributed by atoms with van der Waals surface area (Å²) in [5.74, 6) is 0.200. The second-order valence-corrected chi connectivity index (χ2v) is 5.94. The normalized spacial score (nSPS) is 10.4. The van der Waals surface area contributed by atoms with Gasteiger partial charge in [0.05, 0.1) is 0 Å². The van der Waals surface area contributed by atoms with Crippen LogP contribution in [0.3, 0.4) is 0 Å². The van der Waals surface area contributed by atoms with Gasteiger partial charge in [0.25, 0.3) is 0 Å². The van der Waals surface area contributed by atoms with Crippen LogP contribution >= 0.6 is 54.5 Å². The fourth-order valence-electron chi connectivity index (χ4n) is 1.24. The molecule has 16 heavy (non-hydrogen) atoms. The molecule has 0 radical (unpaired) electrons. The SMILES string of the molecule is O=C(c1ccc(Br)o1)c1cc(I)ccc1Br. The number of benzene rings is 1. The number of halogens is 3. The van der Waals surface area contributed by atoms with E-state index in [1.807, 2.05) is 18.2 Å². The van der Waals surface area contributed by atoms with E-state index < -0.39 is 0 Å². The van der Waals surface area contributed by atoms with Crippen molar-refractivity contribution in [2.24, 2.45) is 0 Å². The van der Waals surface area contributed by atoms with E-state index in [1.165, 1.54) is 0 Å². The number of hydrogen-bond acceptors (Lipinski definition) is 2. The van der Waals surface area contributed by atoms with Crippen molar-refractivity contribution in [3.8, 4) is 0 Å². The Kier molecular flexibility index (Phi) is 3.86. The number of carbonyl (C=O) groups excluding carboxylic acids is 1. The first-order chi connectivity index (χ1) is 7.58. The van der Waals surface area contributed by atoms with Crippen molar-refractivity contribution < 1.29 is 9.21 Å². The second kappa shape index (κ2) is 5.01. The summed E-state index contributed by atoms with van der Waals surface area (Å²) in [7, 11) is 0. The molecule has 0 unspecified atom stereocenters. The van der Waals surface area contributed by atoms with Gasteiger partial charge in [-0.3, -0.25) is 4.79 Å². The Labute approximate surface area is 123 Å². The quantitative estimate of drug-likeness (QED) is 0.488. The Hall–Kier alpha value is -0.140. The second-order valence-electron chi connectivity index (χ2n) is 3.06. The summed E-state index contributed by atoms with van der Waals surface area (Å²) in [4.78, 5) is 12.1. The van der Waals surface area contributed by atoms with E-state index in [0.29, 0.717) is 16.0 Å². The third-order valence-electron chi connectivity index (χ3n) is 1.97. The lowest BCUT2D eigenvalue weighted by molar-refractivity contribution is 0.101. The first-order valence-corrected chi connectivity index (χ1v) is 6.99. The Morgan fingerprint density at radius 1 is 1.19 bits per heavy atom. The zero-order valence-electron chi connectivity index (χ0n) is 7.84. The molecule has 0 fully saturated rings. The molecular weight excluding hydrogens is 451 g/mol. The van der Waals surface area contributed by atoms with Gasteiger partial charge in [-0.05, 0) is 68.9 Å². The molecule has 0 atom stereocenters. The molecule has 0 saturated heterocycles.